The zero-order valence-electron chi connectivity index (χ0n) is 16.6. The monoisotopic (exact) mass is 387 g/mol. The molecule has 6 nitrogen and oxygen atoms in total. The Hall–Kier alpha value is -2.91. The number of nitrogens with zero attached hydrogens (tertiary/aromatic N) is 4. The van der Waals surface area contributed by atoms with Gasteiger partial charge in [0.25, 0.3) is 0 Å². The first kappa shape index (κ1) is 18.1. The minimum Gasteiger partial charge on any atom is -0.507 e. The van der Waals surface area contributed by atoms with E-state index in [0.717, 1.165) is 43.9 Å². The Morgan fingerprint density at radius 3 is 2.62 bits per heavy atom. The Bertz CT molecular complexity index is 1020. The number of fused-ring (bicyclic) bond motifs is 1. The second-order valence-corrected chi connectivity index (χ2v) is 8.49. The smallest absolute Gasteiger partial charge is 0.153 e. The van der Waals surface area contributed by atoms with Gasteiger partial charge in [0.15, 0.2) is 5.82 Å². The van der Waals surface area contributed by atoms with Crippen molar-refractivity contribution in [2.75, 3.05) is 25.5 Å². The van der Waals surface area contributed by atoms with E-state index in [0.29, 0.717) is 29.0 Å². The average Bonchev–Trinajstić information content (AvgIpc) is 2.75. The first-order valence-corrected chi connectivity index (χ1v) is 10.4. The lowest BCUT2D eigenvalue weighted by molar-refractivity contribution is 0.260. The maximum Gasteiger partial charge on any atom is 0.153 e. The maximum absolute atomic E-state index is 10.5. The van der Waals surface area contributed by atoms with E-state index in [-0.39, 0.29) is 5.75 Å². The van der Waals surface area contributed by atoms with Gasteiger partial charge in [-0.15, -0.1) is 10.2 Å². The molecule has 1 aromatic carbocycles. The van der Waals surface area contributed by atoms with Crippen LogP contribution in [0.4, 0.5) is 5.82 Å². The number of likely N-dealkylation sites (tertiary alicyclic amines) is 1. The Morgan fingerprint density at radius 1 is 1.14 bits per heavy atom. The first-order chi connectivity index (χ1) is 14.1. The van der Waals surface area contributed by atoms with E-state index in [2.05, 4.69) is 45.7 Å². The molecule has 1 aromatic heterocycles. The topological polar surface area (TPSA) is 85.1 Å². The van der Waals surface area contributed by atoms with Crippen LogP contribution in [0.15, 0.2) is 30.4 Å². The van der Waals surface area contributed by atoms with Crippen LogP contribution in [0.3, 0.4) is 0 Å². The second-order valence-electron chi connectivity index (χ2n) is 8.49. The number of likely N-dealkylation sites (N-methyl/N-ethyl adjacent to an activating group) is 1. The molecule has 2 N–H and O–H groups in total. The molecule has 2 heterocycles. The third kappa shape index (κ3) is 3.16. The highest BCUT2D eigenvalue weighted by Crippen LogP contribution is 2.51. The lowest BCUT2D eigenvalue weighted by atomic mass is 9.70. The van der Waals surface area contributed by atoms with Crippen LogP contribution >= 0.6 is 0 Å². The van der Waals surface area contributed by atoms with Crippen LogP contribution in [0.1, 0.15) is 54.2 Å². The van der Waals surface area contributed by atoms with Crippen molar-refractivity contribution in [3.05, 3.63) is 47.0 Å². The van der Waals surface area contributed by atoms with Gasteiger partial charge >= 0.3 is 0 Å². The maximum atomic E-state index is 10.5. The van der Waals surface area contributed by atoms with Crippen LogP contribution in [-0.4, -0.2) is 46.4 Å². The molecule has 148 valence electrons. The largest absolute Gasteiger partial charge is 0.507 e. The molecule has 3 unspecified atom stereocenters. The fraction of sp³-hybridized carbons (Fsp3) is 0.435. The number of piperidine rings is 1. The van der Waals surface area contributed by atoms with Crippen molar-refractivity contribution in [3.63, 3.8) is 0 Å². The van der Waals surface area contributed by atoms with E-state index in [1.54, 1.807) is 12.1 Å². The van der Waals surface area contributed by atoms with Crippen molar-refractivity contribution in [1.29, 1.82) is 5.26 Å². The molecule has 0 amide bonds. The molecule has 29 heavy (non-hydrogen) atoms. The number of nitrogens with one attached hydrogen (secondary N) is 1. The Labute approximate surface area is 170 Å². The quantitative estimate of drug-likeness (QED) is 0.780. The van der Waals surface area contributed by atoms with Crippen molar-refractivity contribution in [2.45, 2.75) is 43.6 Å². The predicted octanol–water partition coefficient (Wildman–Crippen LogP) is 3.76. The first-order valence-electron chi connectivity index (χ1n) is 10.4. The van der Waals surface area contributed by atoms with E-state index in [1.165, 1.54) is 23.6 Å². The number of rotatable bonds is 3. The zero-order chi connectivity index (χ0) is 20.0. The Morgan fingerprint density at radius 2 is 1.93 bits per heavy atom. The van der Waals surface area contributed by atoms with E-state index in [4.69, 9.17) is 5.26 Å². The van der Waals surface area contributed by atoms with Gasteiger partial charge in [0.2, 0.25) is 0 Å². The standard InChI is InChI=1S/C23H25N5O/c1-28-10-2-3-17(13-28)25-23-21-16-7-5-15(6-8-16)20(21)22(26-27-23)18-9-4-14(12-24)11-19(18)29/h4-5,7,9,11,15-17,29H,2-3,6,8,10,13H2,1H3,(H,25,27). The molecule has 2 bridgehead atoms. The van der Waals surface area contributed by atoms with Gasteiger partial charge in [-0.1, -0.05) is 12.2 Å². The Kier molecular flexibility index (Phi) is 4.48. The summed E-state index contributed by atoms with van der Waals surface area (Å²) in [5.41, 5.74) is 4.26. The van der Waals surface area contributed by atoms with Crippen LogP contribution in [0.5, 0.6) is 5.75 Å². The third-order valence-electron chi connectivity index (χ3n) is 6.50. The normalized spacial score (nSPS) is 25.4. The van der Waals surface area contributed by atoms with Crippen molar-refractivity contribution in [1.82, 2.24) is 15.1 Å². The summed E-state index contributed by atoms with van der Waals surface area (Å²) in [4.78, 5) is 2.36. The molecule has 3 aliphatic carbocycles. The second kappa shape index (κ2) is 7.16. The van der Waals surface area contributed by atoms with Gasteiger partial charge in [-0.25, -0.2) is 0 Å². The molecular weight excluding hydrogens is 362 g/mol. The third-order valence-corrected chi connectivity index (χ3v) is 6.50. The molecule has 2 aromatic rings. The van der Waals surface area contributed by atoms with Gasteiger partial charge in [-0.05, 0) is 63.0 Å². The highest BCUT2D eigenvalue weighted by Gasteiger charge is 2.36. The van der Waals surface area contributed by atoms with E-state index in [1.807, 2.05) is 0 Å². The molecule has 1 fully saturated rings. The summed E-state index contributed by atoms with van der Waals surface area (Å²) in [6, 6.07) is 7.47. The summed E-state index contributed by atoms with van der Waals surface area (Å²) in [5, 5.41) is 32.5. The molecule has 6 heteroatoms. The molecular formula is C23H25N5O. The summed E-state index contributed by atoms with van der Waals surface area (Å²) in [7, 11) is 2.16. The van der Waals surface area contributed by atoms with Gasteiger partial charge in [0.05, 0.1) is 11.6 Å². The molecule has 4 aliphatic rings. The number of benzene rings is 1. The number of aromatic hydroxyl groups is 1. The van der Waals surface area contributed by atoms with Gasteiger partial charge in [-0.3, -0.25) is 0 Å². The fourth-order valence-corrected chi connectivity index (χ4v) is 5.10. The summed E-state index contributed by atoms with van der Waals surface area (Å²) in [6.07, 6.45) is 9.13. The van der Waals surface area contributed by atoms with Crippen LogP contribution in [0.25, 0.3) is 11.3 Å². The van der Waals surface area contributed by atoms with E-state index >= 15 is 0 Å². The lowest BCUT2D eigenvalue weighted by Gasteiger charge is -2.37. The van der Waals surface area contributed by atoms with E-state index in [9.17, 15) is 5.11 Å². The number of allylic oxidation sites excluding steroid dienone is 2. The number of hydrogen-bond acceptors (Lipinski definition) is 6. The van der Waals surface area contributed by atoms with Gasteiger partial charge in [0, 0.05) is 35.5 Å². The van der Waals surface area contributed by atoms with Crippen LogP contribution in [0, 0.1) is 11.3 Å². The number of nitriles is 1. The van der Waals surface area contributed by atoms with Crippen molar-refractivity contribution in [3.8, 4) is 23.1 Å². The highest BCUT2D eigenvalue weighted by molar-refractivity contribution is 5.76. The van der Waals surface area contributed by atoms with Crippen molar-refractivity contribution in [2.24, 2.45) is 0 Å². The number of phenolic OH excluding ortho intramolecular Hbond substituents is 1. The molecule has 0 radical (unpaired) electrons. The number of aromatic nitrogens is 2. The molecule has 1 aliphatic heterocycles. The van der Waals surface area contributed by atoms with Crippen molar-refractivity contribution < 1.29 is 5.11 Å². The summed E-state index contributed by atoms with van der Waals surface area (Å²) in [6.45, 7) is 2.16. The molecule has 6 rings (SSSR count). The number of anilines is 1. The van der Waals surface area contributed by atoms with Crippen molar-refractivity contribution >= 4 is 5.82 Å². The fourth-order valence-electron chi connectivity index (χ4n) is 5.10. The highest BCUT2D eigenvalue weighted by atomic mass is 16.3. The summed E-state index contributed by atoms with van der Waals surface area (Å²) >= 11 is 0. The van der Waals surface area contributed by atoms with Crippen LogP contribution in [0.2, 0.25) is 0 Å². The minimum atomic E-state index is 0.0839. The molecule has 3 atom stereocenters. The Balaban J connectivity index is 1.59. The predicted molar refractivity (Wildman–Crippen MR) is 112 cm³/mol. The minimum absolute atomic E-state index is 0.0839. The van der Waals surface area contributed by atoms with Gasteiger partial charge in [-0.2, -0.15) is 5.26 Å². The van der Waals surface area contributed by atoms with Crippen LogP contribution < -0.4 is 5.32 Å². The average molecular weight is 387 g/mol. The molecule has 1 saturated heterocycles. The van der Waals surface area contributed by atoms with Gasteiger partial charge < -0.3 is 15.3 Å². The van der Waals surface area contributed by atoms with E-state index < -0.39 is 0 Å². The van der Waals surface area contributed by atoms with Crippen LogP contribution in [-0.2, 0) is 0 Å². The molecule has 0 saturated carbocycles. The lowest BCUT2D eigenvalue weighted by Crippen LogP contribution is -2.40. The summed E-state index contributed by atoms with van der Waals surface area (Å²) < 4.78 is 0. The number of hydrogen-bond donors (Lipinski definition) is 2. The SMILES string of the molecule is CN1CCCC(Nc2nnc(-c3ccc(C#N)cc3O)c3c2C2C=CC3CC2)C1. The summed E-state index contributed by atoms with van der Waals surface area (Å²) in [5.74, 6) is 1.62. The number of phenols is 1. The molecule has 0 spiro atoms. The van der Waals surface area contributed by atoms with Gasteiger partial charge in [0.1, 0.15) is 11.4 Å². The zero-order valence-corrected chi connectivity index (χ0v) is 16.6.